The van der Waals surface area contributed by atoms with E-state index < -0.39 is 0 Å². The molecule has 0 N–H and O–H groups in total. The third kappa shape index (κ3) is 8.26. The van der Waals surface area contributed by atoms with Gasteiger partial charge in [0.2, 0.25) is 0 Å². The molecule has 0 spiro atoms. The number of fused-ring (bicyclic) bond motifs is 4. The average Bonchev–Trinajstić information content (AvgIpc) is 3.84. The van der Waals surface area contributed by atoms with Crippen molar-refractivity contribution in [1.82, 2.24) is 14.5 Å². The van der Waals surface area contributed by atoms with Crippen LogP contribution >= 0.6 is 0 Å². The zero-order valence-electron chi connectivity index (χ0n) is 36.3. The normalized spacial score (nSPS) is 11.9. The number of aromatic nitrogens is 3. The molecule has 0 aliphatic carbocycles. The minimum atomic E-state index is -0.0387. The SMILES string of the molecule is CC(C)(C)Cc1ccc(-c2[c-]c(Oc3[c-]c(-c4nc5ccccc5n4-c4ccccc4-c4ccccc4)c4oc5cc(-c6ccccc6C(C)(C)C)ccc5c4c3)ccc2)nc1.[Pt+2]. The Balaban J connectivity index is 0.00000504. The molecule has 6 heteroatoms. The van der Waals surface area contributed by atoms with Gasteiger partial charge >= 0.3 is 21.1 Å². The van der Waals surface area contributed by atoms with Crippen LogP contribution in [0.1, 0.15) is 52.7 Å². The smallest absolute Gasteiger partial charge is 0.501 e. The maximum atomic E-state index is 6.99. The fourth-order valence-electron chi connectivity index (χ4n) is 8.61. The first-order chi connectivity index (χ1) is 30.0. The van der Waals surface area contributed by atoms with Crippen molar-refractivity contribution in [2.24, 2.45) is 5.41 Å². The average molecular weight is 1000 g/mol. The van der Waals surface area contributed by atoms with Crippen LogP contribution < -0.4 is 4.74 Å². The molecule has 0 amide bonds. The molecule has 5 nitrogen and oxygen atoms in total. The van der Waals surface area contributed by atoms with Gasteiger partial charge in [-0.15, -0.1) is 23.8 Å². The first-order valence-electron chi connectivity index (χ1n) is 21.3. The van der Waals surface area contributed by atoms with Gasteiger partial charge in [-0.05, 0) is 75.0 Å². The first kappa shape index (κ1) is 41.8. The van der Waals surface area contributed by atoms with E-state index in [0.29, 0.717) is 28.5 Å². The molecule has 0 saturated carbocycles. The number of imidazole rings is 1. The van der Waals surface area contributed by atoms with Crippen LogP contribution in [0.25, 0.3) is 83.6 Å². The molecule has 0 saturated heterocycles. The quantitative estimate of drug-likeness (QED) is 0.142. The second-order valence-corrected chi connectivity index (χ2v) is 18.3. The van der Waals surface area contributed by atoms with Crippen LogP contribution in [-0.2, 0) is 32.9 Å². The number of para-hydroxylation sites is 3. The van der Waals surface area contributed by atoms with Gasteiger partial charge in [-0.3, -0.25) is 4.98 Å². The number of ether oxygens (including phenoxy) is 1. The Bertz CT molecular complexity index is 3260. The summed E-state index contributed by atoms with van der Waals surface area (Å²) in [5.41, 5.74) is 13.8. The third-order valence-corrected chi connectivity index (χ3v) is 11.4. The van der Waals surface area contributed by atoms with Crippen molar-refractivity contribution in [2.75, 3.05) is 0 Å². The molecule has 0 unspecified atom stereocenters. The van der Waals surface area contributed by atoms with E-state index >= 15 is 0 Å². The van der Waals surface area contributed by atoms with E-state index in [1.807, 2.05) is 42.6 Å². The van der Waals surface area contributed by atoms with Gasteiger partial charge in [-0.2, -0.15) is 0 Å². The van der Waals surface area contributed by atoms with E-state index in [-0.39, 0.29) is 31.9 Å². The van der Waals surface area contributed by atoms with Crippen molar-refractivity contribution in [3.05, 3.63) is 187 Å². The van der Waals surface area contributed by atoms with Crippen LogP contribution in [0, 0.1) is 17.5 Å². The first-order valence-corrected chi connectivity index (χ1v) is 21.3. The Morgan fingerprint density at radius 1 is 0.635 bits per heavy atom. The summed E-state index contributed by atoms with van der Waals surface area (Å²) in [4.78, 5) is 10.2. The second-order valence-electron chi connectivity index (χ2n) is 18.3. The zero-order chi connectivity index (χ0) is 42.6. The summed E-state index contributed by atoms with van der Waals surface area (Å²) >= 11 is 0. The van der Waals surface area contributed by atoms with Gasteiger partial charge in [-0.1, -0.05) is 180 Å². The van der Waals surface area contributed by atoms with Crippen molar-refractivity contribution in [1.29, 1.82) is 0 Å². The van der Waals surface area contributed by atoms with Gasteiger partial charge in [0.1, 0.15) is 5.58 Å². The molecule has 0 radical (unpaired) electrons. The minimum Gasteiger partial charge on any atom is -0.501 e. The molecule has 0 aliphatic rings. The fraction of sp³-hybridized carbons (Fsp3) is 0.158. The molecule has 312 valence electrons. The summed E-state index contributed by atoms with van der Waals surface area (Å²) in [7, 11) is 0. The van der Waals surface area contributed by atoms with E-state index in [9.17, 15) is 0 Å². The van der Waals surface area contributed by atoms with Gasteiger partial charge in [0.25, 0.3) is 0 Å². The summed E-state index contributed by atoms with van der Waals surface area (Å²) < 4.78 is 16.0. The molecule has 0 fully saturated rings. The molecular formula is C57H47N3O2Pt. The number of rotatable bonds is 8. The Hall–Kier alpha value is -6.55. The van der Waals surface area contributed by atoms with Crippen LogP contribution in [0.4, 0.5) is 0 Å². The maximum absolute atomic E-state index is 6.99. The Morgan fingerprint density at radius 3 is 2.16 bits per heavy atom. The molecule has 0 aliphatic heterocycles. The Labute approximate surface area is 383 Å². The number of hydrogen-bond donors (Lipinski definition) is 0. The molecule has 10 aromatic rings. The van der Waals surface area contributed by atoms with Crippen molar-refractivity contribution >= 4 is 33.0 Å². The summed E-state index contributed by atoms with van der Waals surface area (Å²) in [5.74, 6) is 1.77. The van der Waals surface area contributed by atoms with E-state index in [0.717, 1.165) is 67.4 Å². The van der Waals surface area contributed by atoms with Gasteiger partial charge < -0.3 is 18.7 Å². The molecule has 3 heterocycles. The largest absolute Gasteiger partial charge is 2.00 e. The predicted octanol–water partition coefficient (Wildman–Crippen LogP) is 15.3. The number of nitrogens with zero attached hydrogens (tertiary/aromatic N) is 3. The van der Waals surface area contributed by atoms with Crippen LogP contribution in [0.3, 0.4) is 0 Å². The van der Waals surface area contributed by atoms with Crippen LogP contribution in [0.5, 0.6) is 11.5 Å². The van der Waals surface area contributed by atoms with Crippen molar-refractivity contribution in [3.63, 3.8) is 0 Å². The molecule has 0 bridgehead atoms. The summed E-state index contributed by atoms with van der Waals surface area (Å²) in [5, 5.41) is 1.88. The number of furan rings is 1. The van der Waals surface area contributed by atoms with E-state index in [4.69, 9.17) is 19.1 Å². The topological polar surface area (TPSA) is 53.1 Å². The van der Waals surface area contributed by atoms with E-state index in [1.165, 1.54) is 16.7 Å². The van der Waals surface area contributed by atoms with Gasteiger partial charge in [-0.25, -0.2) is 0 Å². The van der Waals surface area contributed by atoms with Crippen LogP contribution in [0.15, 0.2) is 168 Å². The molecule has 7 aromatic carbocycles. The molecule has 10 rings (SSSR count). The number of hydrogen-bond acceptors (Lipinski definition) is 4. The van der Waals surface area contributed by atoms with E-state index in [1.54, 1.807) is 0 Å². The van der Waals surface area contributed by atoms with Gasteiger partial charge in [0.15, 0.2) is 0 Å². The molecule has 3 aromatic heterocycles. The maximum Gasteiger partial charge on any atom is 2.00 e. The summed E-state index contributed by atoms with van der Waals surface area (Å²) in [6, 6.07) is 61.7. The molecular weight excluding hydrogens is 954 g/mol. The van der Waals surface area contributed by atoms with Crippen molar-refractivity contribution < 1.29 is 30.2 Å². The molecule has 63 heavy (non-hydrogen) atoms. The standard InChI is InChI=1S/C57H47N3O2.Pt/c1-56(2,3)35-37-27-30-49(58-36-37)40-19-16-20-41(31-40)61-42-33-46-45-29-28-39(43-21-10-12-23-48(43)57(4,5)6)32-53(45)62-54(46)47(34-42)55-59-50-24-13-15-26-52(50)60(55)51-25-14-11-22-44(51)38-17-8-7-9-18-38;/h7-30,32-33,36H,35H2,1-6H3;/q-2;+2. The zero-order valence-corrected chi connectivity index (χ0v) is 38.5. The molecule has 0 atom stereocenters. The van der Waals surface area contributed by atoms with Crippen molar-refractivity contribution in [2.45, 2.75) is 53.4 Å². The van der Waals surface area contributed by atoms with Crippen LogP contribution in [0.2, 0.25) is 0 Å². The van der Waals surface area contributed by atoms with Gasteiger partial charge in [0, 0.05) is 34.3 Å². The fourth-order valence-corrected chi connectivity index (χ4v) is 8.61. The monoisotopic (exact) mass is 1000 g/mol. The van der Waals surface area contributed by atoms with Crippen LogP contribution in [-0.4, -0.2) is 14.5 Å². The number of pyridine rings is 1. The second kappa shape index (κ2) is 16.6. The third-order valence-electron chi connectivity index (χ3n) is 11.4. The predicted molar refractivity (Wildman–Crippen MR) is 254 cm³/mol. The number of benzene rings is 7. The van der Waals surface area contributed by atoms with E-state index in [2.05, 4.69) is 180 Å². The van der Waals surface area contributed by atoms with Gasteiger partial charge in [0.05, 0.1) is 22.4 Å². The Morgan fingerprint density at radius 2 is 1.38 bits per heavy atom. The minimum absolute atomic E-state index is 0. The van der Waals surface area contributed by atoms with Crippen molar-refractivity contribution in [3.8, 4) is 62.1 Å². The summed E-state index contributed by atoms with van der Waals surface area (Å²) in [6.45, 7) is 13.5. The Kier molecular flexibility index (Phi) is 11.0. The summed E-state index contributed by atoms with van der Waals surface area (Å²) in [6.07, 6.45) is 2.92.